The van der Waals surface area contributed by atoms with Gasteiger partial charge in [0.2, 0.25) is 5.91 Å². The first-order valence-corrected chi connectivity index (χ1v) is 10.5. The predicted octanol–water partition coefficient (Wildman–Crippen LogP) is 3.83. The second-order valence-electron chi connectivity index (χ2n) is 8.11. The molecular formula is C23H34N4O. The van der Waals surface area contributed by atoms with Gasteiger partial charge in [-0.15, -0.1) is 0 Å². The standard InChI is InChI=1S/C23H34N4O/c1-17(22-18(2)25-26(4)19(22)3)23(28)24-15-20-11-7-8-12-21(20)16-27-13-9-5-6-10-14-27/h7-8,11-12,17H,5-6,9-10,13-16H2,1-4H3,(H,24,28). The number of likely N-dealkylation sites (tertiary alicyclic amines) is 1. The van der Waals surface area contributed by atoms with Crippen LogP contribution in [0, 0.1) is 13.8 Å². The normalized spacial score (nSPS) is 16.6. The molecule has 1 aliphatic heterocycles. The van der Waals surface area contributed by atoms with Gasteiger partial charge in [0, 0.05) is 31.4 Å². The largest absolute Gasteiger partial charge is 0.351 e. The number of amides is 1. The van der Waals surface area contributed by atoms with E-state index in [0.29, 0.717) is 6.54 Å². The molecule has 1 aromatic carbocycles. The van der Waals surface area contributed by atoms with Crippen molar-refractivity contribution in [1.82, 2.24) is 20.0 Å². The van der Waals surface area contributed by atoms with Crippen LogP contribution < -0.4 is 5.32 Å². The molecule has 152 valence electrons. The Labute approximate surface area is 169 Å². The summed E-state index contributed by atoms with van der Waals surface area (Å²) in [5.74, 6) is -0.143. The van der Waals surface area contributed by atoms with Crippen molar-refractivity contribution in [1.29, 1.82) is 0 Å². The average molecular weight is 383 g/mol. The molecule has 0 bridgehead atoms. The number of carbonyl (C=O) groups is 1. The van der Waals surface area contributed by atoms with Gasteiger partial charge in [-0.3, -0.25) is 14.4 Å². The van der Waals surface area contributed by atoms with Crippen molar-refractivity contribution >= 4 is 5.91 Å². The Balaban J connectivity index is 1.64. The van der Waals surface area contributed by atoms with Crippen molar-refractivity contribution in [2.45, 2.75) is 65.5 Å². The van der Waals surface area contributed by atoms with E-state index in [-0.39, 0.29) is 11.8 Å². The maximum atomic E-state index is 12.8. The molecule has 2 heterocycles. The lowest BCUT2D eigenvalue weighted by molar-refractivity contribution is -0.122. The Kier molecular flexibility index (Phi) is 6.89. The molecule has 1 fully saturated rings. The minimum atomic E-state index is -0.202. The first-order chi connectivity index (χ1) is 13.5. The number of nitrogens with zero attached hydrogens (tertiary/aromatic N) is 3. The van der Waals surface area contributed by atoms with E-state index >= 15 is 0 Å². The molecule has 1 atom stereocenters. The lowest BCUT2D eigenvalue weighted by atomic mass is 9.98. The summed E-state index contributed by atoms with van der Waals surface area (Å²) in [5, 5.41) is 7.61. The van der Waals surface area contributed by atoms with Crippen LogP contribution in [0.3, 0.4) is 0 Å². The van der Waals surface area contributed by atoms with E-state index in [1.54, 1.807) is 0 Å². The third-order valence-corrected chi connectivity index (χ3v) is 6.06. The zero-order valence-corrected chi connectivity index (χ0v) is 17.8. The maximum absolute atomic E-state index is 12.8. The lowest BCUT2D eigenvalue weighted by Gasteiger charge is -2.22. The van der Waals surface area contributed by atoms with Crippen LogP contribution in [0.4, 0.5) is 0 Å². The van der Waals surface area contributed by atoms with E-state index in [2.05, 4.69) is 39.6 Å². The molecule has 1 aromatic heterocycles. The van der Waals surface area contributed by atoms with Crippen LogP contribution in [-0.2, 0) is 24.9 Å². The number of nitrogens with one attached hydrogen (secondary N) is 1. The van der Waals surface area contributed by atoms with E-state index in [4.69, 9.17) is 0 Å². The summed E-state index contributed by atoms with van der Waals surface area (Å²) < 4.78 is 1.85. The Hall–Kier alpha value is -2.14. The SMILES string of the molecule is Cc1nn(C)c(C)c1C(C)C(=O)NCc1ccccc1CN1CCCCCC1. The second kappa shape index (κ2) is 9.37. The first-order valence-electron chi connectivity index (χ1n) is 10.5. The summed E-state index contributed by atoms with van der Waals surface area (Å²) in [6, 6.07) is 8.50. The highest BCUT2D eigenvalue weighted by Gasteiger charge is 2.22. The summed E-state index contributed by atoms with van der Waals surface area (Å²) in [5.41, 5.74) is 5.57. The summed E-state index contributed by atoms with van der Waals surface area (Å²) in [7, 11) is 1.93. The van der Waals surface area contributed by atoms with E-state index in [1.807, 2.05) is 32.5 Å². The molecule has 1 aliphatic rings. The second-order valence-corrected chi connectivity index (χ2v) is 8.11. The van der Waals surface area contributed by atoms with Crippen LogP contribution in [0.5, 0.6) is 0 Å². The molecule has 5 nitrogen and oxygen atoms in total. The average Bonchev–Trinajstić information content (AvgIpc) is 2.85. The van der Waals surface area contributed by atoms with Crippen molar-refractivity contribution in [3.63, 3.8) is 0 Å². The van der Waals surface area contributed by atoms with Gasteiger partial charge in [0.1, 0.15) is 0 Å². The Morgan fingerprint density at radius 3 is 2.36 bits per heavy atom. The maximum Gasteiger partial charge on any atom is 0.227 e. The number of hydrogen-bond donors (Lipinski definition) is 1. The van der Waals surface area contributed by atoms with Crippen LogP contribution in [-0.4, -0.2) is 33.7 Å². The molecule has 2 aromatic rings. The zero-order chi connectivity index (χ0) is 20.1. The lowest BCUT2D eigenvalue weighted by Crippen LogP contribution is -2.29. The quantitative estimate of drug-likeness (QED) is 0.826. The molecule has 1 N–H and O–H groups in total. The number of aromatic nitrogens is 2. The van der Waals surface area contributed by atoms with E-state index in [9.17, 15) is 4.79 Å². The molecule has 1 amide bonds. The topological polar surface area (TPSA) is 50.2 Å². The molecule has 0 spiro atoms. The molecule has 0 saturated carbocycles. The fourth-order valence-corrected chi connectivity index (χ4v) is 4.30. The summed E-state index contributed by atoms with van der Waals surface area (Å²) in [6.07, 6.45) is 5.28. The molecule has 28 heavy (non-hydrogen) atoms. The molecule has 0 aliphatic carbocycles. The first kappa shape index (κ1) is 20.6. The van der Waals surface area contributed by atoms with Crippen LogP contribution in [0.2, 0.25) is 0 Å². The van der Waals surface area contributed by atoms with Gasteiger partial charge in [-0.1, -0.05) is 37.1 Å². The summed E-state index contributed by atoms with van der Waals surface area (Å²) in [6.45, 7) is 9.87. The van der Waals surface area contributed by atoms with Gasteiger partial charge in [0.15, 0.2) is 0 Å². The molecule has 5 heteroatoms. The van der Waals surface area contributed by atoms with Crippen LogP contribution in [0.15, 0.2) is 24.3 Å². The third-order valence-electron chi connectivity index (χ3n) is 6.06. The minimum absolute atomic E-state index is 0.0591. The fourth-order valence-electron chi connectivity index (χ4n) is 4.30. The van der Waals surface area contributed by atoms with Gasteiger partial charge < -0.3 is 5.32 Å². The molecular weight excluding hydrogens is 348 g/mol. The van der Waals surface area contributed by atoms with Crippen LogP contribution in [0.25, 0.3) is 0 Å². The van der Waals surface area contributed by atoms with Crippen molar-refractivity contribution in [3.8, 4) is 0 Å². The Morgan fingerprint density at radius 1 is 1.11 bits per heavy atom. The van der Waals surface area contributed by atoms with E-state index < -0.39 is 0 Å². The van der Waals surface area contributed by atoms with Gasteiger partial charge in [0.05, 0.1) is 11.6 Å². The molecule has 1 saturated heterocycles. The number of aryl methyl sites for hydroxylation is 2. The van der Waals surface area contributed by atoms with Gasteiger partial charge >= 0.3 is 0 Å². The molecule has 0 radical (unpaired) electrons. The highest BCUT2D eigenvalue weighted by atomic mass is 16.1. The van der Waals surface area contributed by atoms with E-state index in [1.165, 1.54) is 49.9 Å². The minimum Gasteiger partial charge on any atom is -0.351 e. The summed E-state index contributed by atoms with van der Waals surface area (Å²) >= 11 is 0. The number of carbonyl (C=O) groups excluding carboxylic acids is 1. The third kappa shape index (κ3) is 4.82. The number of benzene rings is 1. The van der Waals surface area contributed by atoms with E-state index in [0.717, 1.165) is 23.5 Å². The Bertz CT molecular complexity index is 803. The number of rotatable bonds is 6. The van der Waals surface area contributed by atoms with Gasteiger partial charge in [-0.2, -0.15) is 5.10 Å². The van der Waals surface area contributed by atoms with Gasteiger partial charge in [-0.05, 0) is 57.8 Å². The smallest absolute Gasteiger partial charge is 0.227 e. The van der Waals surface area contributed by atoms with Crippen molar-refractivity contribution < 1.29 is 4.79 Å². The number of hydrogen-bond acceptors (Lipinski definition) is 3. The predicted molar refractivity (Wildman–Crippen MR) is 113 cm³/mol. The highest BCUT2D eigenvalue weighted by Crippen LogP contribution is 2.23. The van der Waals surface area contributed by atoms with Crippen molar-refractivity contribution in [2.75, 3.05) is 13.1 Å². The summed E-state index contributed by atoms with van der Waals surface area (Å²) in [4.78, 5) is 15.4. The monoisotopic (exact) mass is 382 g/mol. The van der Waals surface area contributed by atoms with Crippen molar-refractivity contribution in [3.05, 3.63) is 52.3 Å². The van der Waals surface area contributed by atoms with Crippen molar-refractivity contribution in [2.24, 2.45) is 7.05 Å². The van der Waals surface area contributed by atoms with Gasteiger partial charge in [-0.25, -0.2) is 0 Å². The van der Waals surface area contributed by atoms with Gasteiger partial charge in [0.25, 0.3) is 0 Å². The Morgan fingerprint density at radius 2 is 1.75 bits per heavy atom. The van der Waals surface area contributed by atoms with Crippen LogP contribution >= 0.6 is 0 Å². The fraction of sp³-hybridized carbons (Fsp3) is 0.565. The molecule has 1 unspecified atom stereocenters. The van der Waals surface area contributed by atoms with Crippen LogP contribution in [0.1, 0.15) is 66.6 Å². The molecule has 3 rings (SSSR count). The zero-order valence-electron chi connectivity index (χ0n) is 17.8. The highest BCUT2D eigenvalue weighted by molar-refractivity contribution is 5.83.